The summed E-state index contributed by atoms with van der Waals surface area (Å²) in [6.45, 7) is 12.0. The van der Waals surface area contributed by atoms with Crippen LogP contribution < -0.4 is 5.73 Å². The quantitative estimate of drug-likeness (QED) is 0.800. The smallest absolute Gasteiger partial charge is 0.0223 e. The average Bonchev–Trinajstić information content (AvgIpc) is 2.42. The van der Waals surface area contributed by atoms with Crippen LogP contribution in [-0.2, 0) is 0 Å². The van der Waals surface area contributed by atoms with Gasteiger partial charge in [-0.2, -0.15) is 0 Å². The molecule has 19 heavy (non-hydrogen) atoms. The van der Waals surface area contributed by atoms with E-state index in [0.717, 1.165) is 24.4 Å². The van der Waals surface area contributed by atoms with Crippen molar-refractivity contribution < 1.29 is 0 Å². The first-order valence-corrected chi connectivity index (χ1v) is 8.35. The monoisotopic (exact) mass is 267 g/mol. The van der Waals surface area contributed by atoms with Crippen molar-refractivity contribution in [3.8, 4) is 0 Å². The van der Waals surface area contributed by atoms with E-state index in [1.807, 2.05) is 0 Å². The molecule has 0 aliphatic carbocycles. The van der Waals surface area contributed by atoms with Gasteiger partial charge in [0.05, 0.1) is 0 Å². The van der Waals surface area contributed by atoms with Crippen molar-refractivity contribution in [2.24, 2.45) is 17.6 Å². The van der Waals surface area contributed by atoms with Crippen molar-refractivity contribution in [1.29, 1.82) is 0 Å². The first-order valence-electron chi connectivity index (χ1n) is 8.35. The Hall–Kier alpha value is -0.120. The van der Waals surface area contributed by atoms with Gasteiger partial charge in [0.15, 0.2) is 0 Å². The molecule has 2 saturated heterocycles. The maximum absolute atomic E-state index is 5.92. The largest absolute Gasteiger partial charge is 0.330 e. The molecule has 0 saturated carbocycles. The van der Waals surface area contributed by atoms with Gasteiger partial charge in [-0.1, -0.05) is 20.3 Å². The number of hydrogen-bond acceptors (Lipinski definition) is 3. The molecular weight excluding hydrogens is 234 g/mol. The molecule has 2 aliphatic heterocycles. The van der Waals surface area contributed by atoms with Crippen LogP contribution in [0.15, 0.2) is 0 Å². The molecule has 0 radical (unpaired) electrons. The van der Waals surface area contributed by atoms with Gasteiger partial charge in [0.2, 0.25) is 0 Å². The molecule has 0 bridgehead atoms. The summed E-state index contributed by atoms with van der Waals surface area (Å²) in [5.74, 6) is 1.51. The predicted molar refractivity (Wildman–Crippen MR) is 82.3 cm³/mol. The highest BCUT2D eigenvalue weighted by molar-refractivity contribution is 4.85. The third kappa shape index (κ3) is 4.73. The fourth-order valence-corrected chi connectivity index (χ4v) is 3.79. The molecule has 2 fully saturated rings. The molecule has 0 aromatic heterocycles. The molecule has 2 heterocycles. The molecule has 2 rings (SSSR count). The Labute approximate surface area is 119 Å². The van der Waals surface area contributed by atoms with Gasteiger partial charge in [0, 0.05) is 25.7 Å². The Bertz CT molecular complexity index is 254. The Morgan fingerprint density at radius 3 is 2.74 bits per heavy atom. The van der Waals surface area contributed by atoms with Crippen LogP contribution in [-0.4, -0.2) is 55.1 Å². The summed E-state index contributed by atoms with van der Waals surface area (Å²) in [4.78, 5) is 5.41. The van der Waals surface area contributed by atoms with Crippen LogP contribution in [0, 0.1) is 11.8 Å². The molecule has 0 amide bonds. The number of hydrogen-bond donors (Lipinski definition) is 1. The zero-order valence-corrected chi connectivity index (χ0v) is 13.0. The summed E-state index contributed by atoms with van der Waals surface area (Å²) in [7, 11) is 0. The van der Waals surface area contributed by atoms with Crippen molar-refractivity contribution in [3.05, 3.63) is 0 Å². The molecule has 2 aliphatic rings. The van der Waals surface area contributed by atoms with E-state index in [1.165, 1.54) is 64.8 Å². The fourth-order valence-electron chi connectivity index (χ4n) is 3.79. The predicted octanol–water partition coefficient (Wildman–Crippen LogP) is 2.17. The number of fused-ring (bicyclic) bond motifs is 1. The minimum Gasteiger partial charge on any atom is -0.330 e. The van der Waals surface area contributed by atoms with Gasteiger partial charge < -0.3 is 10.6 Å². The minimum absolute atomic E-state index is 0.726. The molecule has 2 unspecified atom stereocenters. The van der Waals surface area contributed by atoms with Gasteiger partial charge >= 0.3 is 0 Å². The maximum atomic E-state index is 5.92. The second-order valence-electron chi connectivity index (χ2n) is 7.01. The van der Waals surface area contributed by atoms with Crippen molar-refractivity contribution in [1.82, 2.24) is 9.80 Å². The van der Waals surface area contributed by atoms with Gasteiger partial charge in [-0.05, 0) is 57.2 Å². The molecule has 3 heteroatoms. The number of piperidine rings is 1. The summed E-state index contributed by atoms with van der Waals surface area (Å²) >= 11 is 0. The third-order valence-electron chi connectivity index (χ3n) is 4.91. The fraction of sp³-hybridized carbons (Fsp3) is 1.00. The Morgan fingerprint density at radius 2 is 2.00 bits per heavy atom. The van der Waals surface area contributed by atoms with E-state index < -0.39 is 0 Å². The molecule has 2 N–H and O–H groups in total. The highest BCUT2D eigenvalue weighted by Gasteiger charge is 2.28. The second-order valence-corrected chi connectivity index (χ2v) is 7.01. The van der Waals surface area contributed by atoms with Gasteiger partial charge in [0.1, 0.15) is 0 Å². The van der Waals surface area contributed by atoms with Crippen molar-refractivity contribution in [2.45, 2.75) is 52.0 Å². The standard InChI is InChI=1S/C16H33N3/c1-14(2)11-15(12-17)6-8-18-9-10-19-7-4-3-5-16(19)13-18/h14-16H,3-13,17H2,1-2H3. The number of nitrogens with two attached hydrogens (primary N) is 1. The number of rotatable bonds is 6. The average molecular weight is 267 g/mol. The molecular formula is C16H33N3. The summed E-state index contributed by atoms with van der Waals surface area (Å²) in [5.41, 5.74) is 5.92. The van der Waals surface area contributed by atoms with E-state index in [1.54, 1.807) is 0 Å². The molecule has 0 aromatic carbocycles. The van der Waals surface area contributed by atoms with E-state index >= 15 is 0 Å². The SMILES string of the molecule is CC(C)CC(CN)CCN1CCN2CCCCC2C1. The first-order chi connectivity index (χ1) is 9.19. The second kappa shape index (κ2) is 7.61. The first kappa shape index (κ1) is 15.3. The maximum Gasteiger partial charge on any atom is 0.0223 e. The third-order valence-corrected chi connectivity index (χ3v) is 4.91. The topological polar surface area (TPSA) is 32.5 Å². The van der Waals surface area contributed by atoms with E-state index in [2.05, 4.69) is 23.6 Å². The minimum atomic E-state index is 0.726. The lowest BCUT2D eigenvalue weighted by Gasteiger charge is -2.44. The number of nitrogens with zero attached hydrogens (tertiary/aromatic N) is 2. The van der Waals surface area contributed by atoms with Crippen molar-refractivity contribution >= 4 is 0 Å². The van der Waals surface area contributed by atoms with E-state index in [4.69, 9.17) is 5.73 Å². The van der Waals surface area contributed by atoms with Crippen molar-refractivity contribution in [3.63, 3.8) is 0 Å². The molecule has 112 valence electrons. The van der Waals surface area contributed by atoms with Gasteiger partial charge in [-0.3, -0.25) is 4.90 Å². The van der Waals surface area contributed by atoms with Crippen molar-refractivity contribution in [2.75, 3.05) is 39.3 Å². The number of piperazine rings is 1. The lowest BCUT2D eigenvalue weighted by atomic mass is 9.93. The van der Waals surface area contributed by atoms with E-state index in [9.17, 15) is 0 Å². The highest BCUT2D eigenvalue weighted by Crippen LogP contribution is 2.22. The lowest BCUT2D eigenvalue weighted by molar-refractivity contribution is 0.0465. The summed E-state index contributed by atoms with van der Waals surface area (Å²) < 4.78 is 0. The zero-order chi connectivity index (χ0) is 13.7. The Morgan fingerprint density at radius 1 is 1.16 bits per heavy atom. The summed E-state index contributed by atoms with van der Waals surface area (Å²) in [6.07, 6.45) is 6.86. The van der Waals surface area contributed by atoms with Gasteiger partial charge in [-0.15, -0.1) is 0 Å². The van der Waals surface area contributed by atoms with Crippen LogP contribution in [0.4, 0.5) is 0 Å². The Kier molecular flexibility index (Phi) is 6.11. The molecule has 0 aromatic rings. The van der Waals surface area contributed by atoms with Gasteiger partial charge in [-0.25, -0.2) is 0 Å². The van der Waals surface area contributed by atoms with Crippen LogP contribution in [0.5, 0.6) is 0 Å². The van der Waals surface area contributed by atoms with Crippen LogP contribution in [0.1, 0.15) is 46.0 Å². The summed E-state index contributed by atoms with van der Waals surface area (Å²) in [6, 6.07) is 0.851. The van der Waals surface area contributed by atoms with Crippen LogP contribution in [0.3, 0.4) is 0 Å². The Balaban J connectivity index is 1.71. The highest BCUT2D eigenvalue weighted by atomic mass is 15.3. The summed E-state index contributed by atoms with van der Waals surface area (Å²) in [5, 5.41) is 0. The van der Waals surface area contributed by atoms with Crippen LogP contribution >= 0.6 is 0 Å². The van der Waals surface area contributed by atoms with E-state index in [-0.39, 0.29) is 0 Å². The van der Waals surface area contributed by atoms with Crippen LogP contribution in [0.25, 0.3) is 0 Å². The molecule has 3 nitrogen and oxygen atoms in total. The zero-order valence-electron chi connectivity index (χ0n) is 13.0. The molecule has 2 atom stereocenters. The normalized spacial score (nSPS) is 27.5. The van der Waals surface area contributed by atoms with Crippen LogP contribution in [0.2, 0.25) is 0 Å². The van der Waals surface area contributed by atoms with E-state index in [0.29, 0.717) is 0 Å². The lowest BCUT2D eigenvalue weighted by Crippen LogP contribution is -2.55. The molecule has 0 spiro atoms. The van der Waals surface area contributed by atoms with Gasteiger partial charge in [0.25, 0.3) is 0 Å².